The lowest BCUT2D eigenvalue weighted by molar-refractivity contribution is -0.141. The summed E-state index contributed by atoms with van der Waals surface area (Å²) in [5.74, 6) is -1.20. The van der Waals surface area contributed by atoms with Gasteiger partial charge >= 0.3 is 5.97 Å². The number of nitrogens with zero attached hydrogens (tertiary/aromatic N) is 1. The third-order valence-corrected chi connectivity index (χ3v) is 2.08. The van der Waals surface area contributed by atoms with Crippen LogP contribution in [0.25, 0.3) is 0 Å². The molecule has 6 heteroatoms. The quantitative estimate of drug-likeness (QED) is 0.536. The summed E-state index contributed by atoms with van der Waals surface area (Å²) in [6, 6.07) is 2.97. The standard InChI is InChI=1S/C10H13NO5/c12-5-6-1-2-11-7(3-6)10(16)8(13)4-9(14)15/h1-3,8,10,12-13,16H,4-5H2,(H,14,15). The Morgan fingerprint density at radius 1 is 1.44 bits per heavy atom. The van der Waals surface area contributed by atoms with E-state index >= 15 is 0 Å². The van der Waals surface area contributed by atoms with Crippen LogP contribution in [-0.2, 0) is 11.4 Å². The first-order chi connectivity index (χ1) is 7.54. The molecular weight excluding hydrogens is 214 g/mol. The molecule has 0 aliphatic heterocycles. The number of rotatable bonds is 5. The molecule has 6 nitrogen and oxygen atoms in total. The molecule has 1 heterocycles. The number of carboxylic acids is 1. The molecule has 2 unspecified atom stereocenters. The third kappa shape index (κ3) is 3.27. The van der Waals surface area contributed by atoms with Crippen LogP contribution in [0, 0.1) is 0 Å². The number of aromatic nitrogens is 1. The zero-order chi connectivity index (χ0) is 12.1. The van der Waals surface area contributed by atoms with Crippen molar-refractivity contribution >= 4 is 5.97 Å². The zero-order valence-corrected chi connectivity index (χ0v) is 8.45. The maximum absolute atomic E-state index is 10.3. The van der Waals surface area contributed by atoms with Crippen molar-refractivity contribution in [2.45, 2.75) is 25.2 Å². The van der Waals surface area contributed by atoms with Crippen molar-refractivity contribution < 1.29 is 25.2 Å². The van der Waals surface area contributed by atoms with Crippen LogP contribution >= 0.6 is 0 Å². The van der Waals surface area contributed by atoms with E-state index in [-0.39, 0.29) is 12.3 Å². The molecule has 88 valence electrons. The minimum Gasteiger partial charge on any atom is -0.481 e. The van der Waals surface area contributed by atoms with Crippen molar-refractivity contribution in [1.29, 1.82) is 0 Å². The van der Waals surface area contributed by atoms with Gasteiger partial charge in [0.15, 0.2) is 0 Å². The first-order valence-corrected chi connectivity index (χ1v) is 4.68. The SMILES string of the molecule is O=C(O)CC(O)C(O)c1cc(CO)ccn1. The van der Waals surface area contributed by atoms with E-state index in [0.717, 1.165) is 0 Å². The highest BCUT2D eigenvalue weighted by Gasteiger charge is 2.22. The minimum absolute atomic E-state index is 0.139. The summed E-state index contributed by atoms with van der Waals surface area (Å²) in [4.78, 5) is 14.1. The molecule has 0 aliphatic rings. The van der Waals surface area contributed by atoms with Gasteiger partial charge < -0.3 is 20.4 Å². The Bertz CT molecular complexity index is 368. The topological polar surface area (TPSA) is 111 Å². The fraction of sp³-hybridized carbons (Fsp3) is 0.400. The summed E-state index contributed by atoms with van der Waals surface area (Å²) >= 11 is 0. The van der Waals surface area contributed by atoms with Crippen molar-refractivity contribution in [2.24, 2.45) is 0 Å². The van der Waals surface area contributed by atoms with Crippen molar-refractivity contribution in [2.75, 3.05) is 0 Å². The Hall–Kier alpha value is -1.50. The van der Waals surface area contributed by atoms with E-state index in [9.17, 15) is 15.0 Å². The van der Waals surface area contributed by atoms with E-state index in [1.54, 1.807) is 6.07 Å². The molecule has 1 aromatic rings. The monoisotopic (exact) mass is 227 g/mol. The lowest BCUT2D eigenvalue weighted by Crippen LogP contribution is -2.22. The average Bonchev–Trinajstić information content (AvgIpc) is 2.27. The second-order valence-electron chi connectivity index (χ2n) is 3.36. The largest absolute Gasteiger partial charge is 0.481 e. The molecule has 0 aliphatic carbocycles. The van der Waals surface area contributed by atoms with Gasteiger partial charge in [-0.1, -0.05) is 0 Å². The van der Waals surface area contributed by atoms with Gasteiger partial charge in [-0.25, -0.2) is 0 Å². The number of aliphatic hydroxyl groups is 3. The Kier molecular flexibility index (Phi) is 4.36. The first-order valence-electron chi connectivity index (χ1n) is 4.68. The summed E-state index contributed by atoms with van der Waals surface area (Å²) in [5, 5.41) is 36.3. The van der Waals surface area contributed by atoms with Gasteiger partial charge in [0.1, 0.15) is 6.10 Å². The summed E-state index contributed by atoms with van der Waals surface area (Å²) in [6.07, 6.45) is -1.98. The molecule has 2 atom stereocenters. The maximum Gasteiger partial charge on any atom is 0.306 e. The molecule has 16 heavy (non-hydrogen) atoms. The lowest BCUT2D eigenvalue weighted by atomic mass is 10.1. The van der Waals surface area contributed by atoms with Gasteiger partial charge in [-0.3, -0.25) is 9.78 Å². The summed E-state index contributed by atoms with van der Waals surface area (Å²) in [6.45, 7) is -0.211. The van der Waals surface area contributed by atoms with E-state index in [1.807, 2.05) is 0 Å². The van der Waals surface area contributed by atoms with Crippen molar-refractivity contribution in [3.8, 4) is 0 Å². The zero-order valence-electron chi connectivity index (χ0n) is 8.45. The van der Waals surface area contributed by atoms with Gasteiger partial charge in [-0.2, -0.15) is 0 Å². The predicted molar refractivity (Wildman–Crippen MR) is 53.4 cm³/mol. The predicted octanol–water partition coefficient (Wildman–Crippen LogP) is -0.557. The van der Waals surface area contributed by atoms with Crippen LogP contribution in [0.1, 0.15) is 23.8 Å². The maximum atomic E-state index is 10.3. The van der Waals surface area contributed by atoms with Gasteiger partial charge in [0.05, 0.1) is 24.8 Å². The van der Waals surface area contributed by atoms with Gasteiger partial charge in [0.2, 0.25) is 0 Å². The first kappa shape index (κ1) is 12.6. The van der Waals surface area contributed by atoms with Crippen LogP contribution in [0.2, 0.25) is 0 Å². The van der Waals surface area contributed by atoms with E-state index in [4.69, 9.17) is 10.2 Å². The van der Waals surface area contributed by atoms with E-state index in [1.165, 1.54) is 12.3 Å². The highest BCUT2D eigenvalue weighted by Crippen LogP contribution is 2.17. The number of carboxylic acid groups (broad SMARTS) is 1. The Morgan fingerprint density at radius 3 is 2.69 bits per heavy atom. The number of aliphatic hydroxyl groups excluding tert-OH is 3. The minimum atomic E-state index is -1.42. The summed E-state index contributed by atoms with van der Waals surface area (Å²) in [5.41, 5.74) is 0.673. The Balaban J connectivity index is 2.78. The molecule has 0 fully saturated rings. The van der Waals surface area contributed by atoms with Crippen LogP contribution in [0.15, 0.2) is 18.3 Å². The molecule has 0 saturated carbocycles. The van der Waals surface area contributed by atoms with Crippen LogP contribution in [0.5, 0.6) is 0 Å². The van der Waals surface area contributed by atoms with Crippen molar-refractivity contribution in [1.82, 2.24) is 4.98 Å². The van der Waals surface area contributed by atoms with E-state index in [0.29, 0.717) is 5.56 Å². The second-order valence-corrected chi connectivity index (χ2v) is 3.36. The number of carbonyl (C=O) groups is 1. The van der Waals surface area contributed by atoms with Gasteiger partial charge in [-0.05, 0) is 17.7 Å². The van der Waals surface area contributed by atoms with Crippen LogP contribution in [0.4, 0.5) is 0 Å². The van der Waals surface area contributed by atoms with Gasteiger partial charge in [0, 0.05) is 6.20 Å². The second kappa shape index (κ2) is 5.55. The normalized spacial score (nSPS) is 14.4. The average molecular weight is 227 g/mol. The lowest BCUT2D eigenvalue weighted by Gasteiger charge is -2.15. The van der Waals surface area contributed by atoms with Crippen LogP contribution in [0.3, 0.4) is 0 Å². The fourth-order valence-corrected chi connectivity index (χ4v) is 1.24. The molecule has 0 aromatic carbocycles. The molecule has 0 spiro atoms. The van der Waals surface area contributed by atoms with Crippen LogP contribution in [-0.4, -0.2) is 37.5 Å². The highest BCUT2D eigenvalue weighted by atomic mass is 16.4. The van der Waals surface area contributed by atoms with E-state index in [2.05, 4.69) is 4.98 Å². The van der Waals surface area contributed by atoms with Crippen molar-refractivity contribution in [3.63, 3.8) is 0 Å². The van der Waals surface area contributed by atoms with Gasteiger partial charge in [-0.15, -0.1) is 0 Å². The molecule has 4 N–H and O–H groups in total. The number of pyridine rings is 1. The van der Waals surface area contributed by atoms with Crippen LogP contribution < -0.4 is 0 Å². The molecule has 1 rings (SSSR count). The van der Waals surface area contributed by atoms with Gasteiger partial charge in [0.25, 0.3) is 0 Å². The summed E-state index contributed by atoms with van der Waals surface area (Å²) < 4.78 is 0. The summed E-state index contributed by atoms with van der Waals surface area (Å²) in [7, 11) is 0. The fourth-order valence-electron chi connectivity index (χ4n) is 1.24. The Morgan fingerprint density at radius 2 is 2.12 bits per heavy atom. The Labute approximate surface area is 91.8 Å². The molecular formula is C10H13NO5. The molecule has 1 aromatic heterocycles. The molecule has 0 saturated heterocycles. The molecule has 0 amide bonds. The van der Waals surface area contributed by atoms with E-state index < -0.39 is 24.6 Å². The molecule has 0 radical (unpaired) electrons. The number of hydrogen-bond donors (Lipinski definition) is 4. The number of aliphatic carboxylic acids is 1. The molecule has 0 bridgehead atoms. The van der Waals surface area contributed by atoms with Crippen molar-refractivity contribution in [3.05, 3.63) is 29.6 Å². The third-order valence-electron chi connectivity index (χ3n) is 2.08. The number of hydrogen-bond acceptors (Lipinski definition) is 5. The smallest absolute Gasteiger partial charge is 0.306 e. The highest BCUT2D eigenvalue weighted by molar-refractivity contribution is 5.67.